The van der Waals surface area contributed by atoms with Crippen molar-refractivity contribution in [2.24, 2.45) is 5.92 Å². The predicted octanol–water partition coefficient (Wildman–Crippen LogP) is 4.21. The standard InChI is InChI=1S/C11H15BrOS/c1-8(2)7-13-10-4-9(12)5-11(6-10)14-3/h4-6,8H,7H2,1-3H3. The third-order valence-corrected chi connectivity index (χ3v) is 2.83. The van der Waals surface area contributed by atoms with Gasteiger partial charge in [0, 0.05) is 9.37 Å². The van der Waals surface area contributed by atoms with Crippen molar-refractivity contribution in [3.8, 4) is 5.75 Å². The maximum absolute atomic E-state index is 5.65. The van der Waals surface area contributed by atoms with Gasteiger partial charge in [0.2, 0.25) is 0 Å². The molecule has 0 aromatic heterocycles. The monoisotopic (exact) mass is 274 g/mol. The highest BCUT2D eigenvalue weighted by molar-refractivity contribution is 9.10. The summed E-state index contributed by atoms with van der Waals surface area (Å²) in [5.41, 5.74) is 0. The highest BCUT2D eigenvalue weighted by atomic mass is 79.9. The van der Waals surface area contributed by atoms with Gasteiger partial charge in [0.1, 0.15) is 5.75 Å². The second-order valence-electron chi connectivity index (χ2n) is 3.53. The lowest BCUT2D eigenvalue weighted by Crippen LogP contribution is -2.04. The van der Waals surface area contributed by atoms with Gasteiger partial charge < -0.3 is 4.74 Å². The number of hydrogen-bond acceptors (Lipinski definition) is 2. The van der Waals surface area contributed by atoms with Gasteiger partial charge in [-0.1, -0.05) is 29.8 Å². The van der Waals surface area contributed by atoms with Gasteiger partial charge in [-0.15, -0.1) is 11.8 Å². The molecule has 0 atom stereocenters. The minimum absolute atomic E-state index is 0.562. The molecule has 0 aliphatic rings. The van der Waals surface area contributed by atoms with Crippen LogP contribution in [0.5, 0.6) is 5.75 Å². The van der Waals surface area contributed by atoms with Gasteiger partial charge in [-0.05, 0) is 30.4 Å². The Labute approximate surface area is 98.4 Å². The van der Waals surface area contributed by atoms with Crippen LogP contribution >= 0.6 is 27.7 Å². The summed E-state index contributed by atoms with van der Waals surface area (Å²) < 4.78 is 6.72. The fourth-order valence-electron chi connectivity index (χ4n) is 1.00. The number of halogens is 1. The fourth-order valence-corrected chi connectivity index (χ4v) is 2.10. The third-order valence-electron chi connectivity index (χ3n) is 1.66. The Morgan fingerprint density at radius 2 is 2.07 bits per heavy atom. The van der Waals surface area contributed by atoms with E-state index in [4.69, 9.17) is 4.74 Å². The number of hydrogen-bond donors (Lipinski definition) is 0. The molecule has 0 aliphatic heterocycles. The molecule has 1 nitrogen and oxygen atoms in total. The molecule has 1 aromatic rings. The normalized spacial score (nSPS) is 10.6. The fraction of sp³-hybridized carbons (Fsp3) is 0.455. The summed E-state index contributed by atoms with van der Waals surface area (Å²) in [7, 11) is 0. The van der Waals surface area contributed by atoms with Gasteiger partial charge in [-0.2, -0.15) is 0 Å². The largest absolute Gasteiger partial charge is 0.493 e. The summed E-state index contributed by atoms with van der Waals surface area (Å²) in [6.07, 6.45) is 2.06. The van der Waals surface area contributed by atoms with Gasteiger partial charge in [0.05, 0.1) is 6.61 Å². The molecule has 0 unspecified atom stereocenters. The zero-order valence-electron chi connectivity index (χ0n) is 8.71. The topological polar surface area (TPSA) is 9.23 Å². The lowest BCUT2D eigenvalue weighted by Gasteiger charge is -2.10. The summed E-state index contributed by atoms with van der Waals surface area (Å²) in [4.78, 5) is 1.22. The Morgan fingerprint density at radius 1 is 1.36 bits per heavy atom. The van der Waals surface area contributed by atoms with Gasteiger partial charge in [-0.25, -0.2) is 0 Å². The summed E-state index contributed by atoms with van der Waals surface area (Å²) in [6.45, 7) is 5.06. The lowest BCUT2D eigenvalue weighted by molar-refractivity contribution is 0.270. The molecule has 0 N–H and O–H groups in total. The van der Waals surface area contributed by atoms with E-state index in [1.807, 2.05) is 6.07 Å². The molecule has 0 aliphatic carbocycles. The Kier molecular flexibility index (Phi) is 4.82. The first-order valence-electron chi connectivity index (χ1n) is 4.59. The molecule has 0 bridgehead atoms. The van der Waals surface area contributed by atoms with E-state index in [0.717, 1.165) is 16.8 Å². The van der Waals surface area contributed by atoms with Gasteiger partial charge in [0.15, 0.2) is 0 Å². The zero-order valence-corrected chi connectivity index (χ0v) is 11.1. The van der Waals surface area contributed by atoms with Crippen LogP contribution in [0.2, 0.25) is 0 Å². The van der Waals surface area contributed by atoms with E-state index in [1.165, 1.54) is 4.90 Å². The molecule has 0 heterocycles. The van der Waals surface area contributed by atoms with Crippen LogP contribution in [0.1, 0.15) is 13.8 Å². The first-order chi connectivity index (χ1) is 6.61. The second-order valence-corrected chi connectivity index (χ2v) is 5.33. The number of ether oxygens (including phenoxy) is 1. The van der Waals surface area contributed by atoms with Crippen molar-refractivity contribution in [3.05, 3.63) is 22.7 Å². The number of benzene rings is 1. The molecule has 0 fully saturated rings. The van der Waals surface area contributed by atoms with Crippen LogP contribution in [0.4, 0.5) is 0 Å². The lowest BCUT2D eigenvalue weighted by atomic mass is 10.2. The molecule has 0 saturated carbocycles. The quantitative estimate of drug-likeness (QED) is 0.761. The van der Waals surface area contributed by atoms with Crippen LogP contribution in [0, 0.1) is 5.92 Å². The smallest absolute Gasteiger partial charge is 0.121 e. The Hall–Kier alpha value is -0.150. The van der Waals surface area contributed by atoms with E-state index in [2.05, 4.69) is 48.2 Å². The molecule has 78 valence electrons. The van der Waals surface area contributed by atoms with Gasteiger partial charge >= 0.3 is 0 Å². The van der Waals surface area contributed by atoms with Crippen molar-refractivity contribution in [2.45, 2.75) is 18.7 Å². The molecule has 14 heavy (non-hydrogen) atoms. The predicted molar refractivity (Wildman–Crippen MR) is 66.3 cm³/mol. The maximum atomic E-state index is 5.65. The first kappa shape index (κ1) is 11.9. The molecular formula is C11H15BrOS. The number of thioether (sulfide) groups is 1. The zero-order chi connectivity index (χ0) is 10.6. The molecule has 1 rings (SSSR count). The molecule has 0 amide bonds. The Morgan fingerprint density at radius 3 is 2.64 bits per heavy atom. The molecule has 0 spiro atoms. The average Bonchev–Trinajstić information content (AvgIpc) is 2.14. The van der Waals surface area contributed by atoms with Crippen LogP contribution in [0.15, 0.2) is 27.6 Å². The minimum Gasteiger partial charge on any atom is -0.493 e. The van der Waals surface area contributed by atoms with E-state index < -0.39 is 0 Å². The highest BCUT2D eigenvalue weighted by Crippen LogP contribution is 2.26. The molecule has 1 aromatic carbocycles. The second kappa shape index (κ2) is 5.66. The van der Waals surface area contributed by atoms with E-state index in [0.29, 0.717) is 5.92 Å². The third kappa shape index (κ3) is 3.93. The molecular weight excluding hydrogens is 260 g/mol. The van der Waals surface area contributed by atoms with Crippen molar-refractivity contribution < 1.29 is 4.74 Å². The van der Waals surface area contributed by atoms with Crippen molar-refractivity contribution in [2.75, 3.05) is 12.9 Å². The number of rotatable bonds is 4. The van der Waals surface area contributed by atoms with E-state index >= 15 is 0 Å². The SMILES string of the molecule is CSc1cc(Br)cc(OCC(C)C)c1. The summed E-state index contributed by atoms with van der Waals surface area (Å²) in [5.74, 6) is 1.50. The van der Waals surface area contributed by atoms with Gasteiger partial charge in [0.25, 0.3) is 0 Å². The van der Waals surface area contributed by atoms with Gasteiger partial charge in [-0.3, -0.25) is 0 Å². The van der Waals surface area contributed by atoms with E-state index in [1.54, 1.807) is 11.8 Å². The molecule has 0 radical (unpaired) electrons. The molecule has 0 saturated heterocycles. The Bertz CT molecular complexity index is 299. The Balaban J connectivity index is 2.71. The first-order valence-corrected chi connectivity index (χ1v) is 6.61. The van der Waals surface area contributed by atoms with Crippen LogP contribution < -0.4 is 4.74 Å². The van der Waals surface area contributed by atoms with Crippen LogP contribution in [-0.2, 0) is 0 Å². The van der Waals surface area contributed by atoms with Crippen molar-refractivity contribution in [1.82, 2.24) is 0 Å². The van der Waals surface area contributed by atoms with Crippen LogP contribution in [0.3, 0.4) is 0 Å². The average molecular weight is 275 g/mol. The van der Waals surface area contributed by atoms with Crippen molar-refractivity contribution >= 4 is 27.7 Å². The molecule has 3 heteroatoms. The van der Waals surface area contributed by atoms with Crippen molar-refractivity contribution in [1.29, 1.82) is 0 Å². The summed E-state index contributed by atoms with van der Waals surface area (Å²) in [5, 5.41) is 0. The minimum atomic E-state index is 0.562. The summed E-state index contributed by atoms with van der Waals surface area (Å²) in [6, 6.07) is 6.16. The van der Waals surface area contributed by atoms with Crippen molar-refractivity contribution in [3.63, 3.8) is 0 Å². The highest BCUT2D eigenvalue weighted by Gasteiger charge is 2.01. The van der Waals surface area contributed by atoms with E-state index in [-0.39, 0.29) is 0 Å². The van der Waals surface area contributed by atoms with Crippen LogP contribution in [0.25, 0.3) is 0 Å². The van der Waals surface area contributed by atoms with E-state index in [9.17, 15) is 0 Å². The van der Waals surface area contributed by atoms with Crippen LogP contribution in [-0.4, -0.2) is 12.9 Å². The summed E-state index contributed by atoms with van der Waals surface area (Å²) >= 11 is 5.19. The maximum Gasteiger partial charge on any atom is 0.121 e.